The maximum Gasteiger partial charge on any atom is 0.261 e. The SMILES string of the molecule is O=C(NCC(C1CCOC1)N1CCOCC1)c1ccc(NS(=O)(=O)c2ccccc2)cc1. The summed E-state index contributed by atoms with van der Waals surface area (Å²) in [6.07, 6.45) is 0.994. The normalized spacial score (nSPS) is 20.6. The molecule has 0 spiro atoms. The van der Waals surface area contributed by atoms with Crippen LogP contribution >= 0.6 is 0 Å². The van der Waals surface area contributed by atoms with Crippen LogP contribution in [-0.4, -0.2) is 71.3 Å². The zero-order chi connectivity index (χ0) is 22.4. The van der Waals surface area contributed by atoms with Crippen LogP contribution in [-0.2, 0) is 19.5 Å². The van der Waals surface area contributed by atoms with Gasteiger partial charge in [0.25, 0.3) is 15.9 Å². The molecular formula is C23H29N3O5S. The van der Waals surface area contributed by atoms with Crippen LogP contribution in [0.15, 0.2) is 59.5 Å². The largest absolute Gasteiger partial charge is 0.381 e. The Morgan fingerprint density at radius 3 is 2.38 bits per heavy atom. The van der Waals surface area contributed by atoms with Crippen LogP contribution in [0.2, 0.25) is 0 Å². The molecule has 0 aromatic heterocycles. The number of amides is 1. The van der Waals surface area contributed by atoms with Gasteiger partial charge < -0.3 is 14.8 Å². The summed E-state index contributed by atoms with van der Waals surface area (Å²) >= 11 is 0. The van der Waals surface area contributed by atoms with Crippen molar-refractivity contribution in [2.75, 3.05) is 50.8 Å². The molecule has 2 aliphatic heterocycles. The Hall–Kier alpha value is -2.46. The molecule has 172 valence electrons. The third kappa shape index (κ3) is 5.66. The van der Waals surface area contributed by atoms with Crippen LogP contribution in [0.1, 0.15) is 16.8 Å². The number of hydrogen-bond donors (Lipinski definition) is 2. The molecule has 0 aliphatic carbocycles. The van der Waals surface area contributed by atoms with Crippen molar-refractivity contribution in [3.63, 3.8) is 0 Å². The van der Waals surface area contributed by atoms with Crippen molar-refractivity contribution < 1.29 is 22.7 Å². The summed E-state index contributed by atoms with van der Waals surface area (Å²) in [5.74, 6) is 0.211. The number of ether oxygens (including phenoxy) is 2. The molecule has 0 saturated carbocycles. The average molecular weight is 460 g/mol. The van der Waals surface area contributed by atoms with E-state index in [1.54, 1.807) is 42.5 Å². The van der Waals surface area contributed by atoms with E-state index in [9.17, 15) is 13.2 Å². The summed E-state index contributed by atoms with van der Waals surface area (Å²) in [6.45, 7) is 5.14. The number of nitrogens with one attached hydrogen (secondary N) is 2. The Balaban J connectivity index is 1.36. The second kappa shape index (κ2) is 10.4. The van der Waals surface area contributed by atoms with Crippen LogP contribution < -0.4 is 10.0 Å². The number of carbonyl (C=O) groups excluding carboxylic acids is 1. The first-order valence-corrected chi connectivity index (χ1v) is 12.4. The van der Waals surface area contributed by atoms with E-state index in [4.69, 9.17) is 9.47 Å². The molecule has 9 heteroatoms. The first-order valence-electron chi connectivity index (χ1n) is 10.9. The van der Waals surface area contributed by atoms with E-state index >= 15 is 0 Å². The molecule has 0 radical (unpaired) electrons. The standard InChI is InChI=1S/C23H29N3O5S/c27-23(24-16-22(19-10-13-31-17-19)26-11-14-30-15-12-26)18-6-8-20(9-7-18)25-32(28,29)21-4-2-1-3-5-21/h1-9,19,22,25H,10-17H2,(H,24,27). The van der Waals surface area contributed by atoms with Gasteiger partial charge in [0, 0.05) is 49.5 Å². The Morgan fingerprint density at radius 2 is 1.72 bits per heavy atom. The van der Waals surface area contributed by atoms with Crippen molar-refractivity contribution in [3.8, 4) is 0 Å². The topological polar surface area (TPSA) is 97.0 Å². The lowest BCUT2D eigenvalue weighted by Crippen LogP contribution is -2.52. The van der Waals surface area contributed by atoms with Gasteiger partial charge in [-0.2, -0.15) is 0 Å². The van der Waals surface area contributed by atoms with Gasteiger partial charge in [-0.1, -0.05) is 18.2 Å². The van der Waals surface area contributed by atoms with Crippen LogP contribution in [0.5, 0.6) is 0 Å². The van der Waals surface area contributed by atoms with Gasteiger partial charge in [-0.15, -0.1) is 0 Å². The Kier molecular flexibility index (Phi) is 7.41. The lowest BCUT2D eigenvalue weighted by Gasteiger charge is -2.37. The van der Waals surface area contributed by atoms with E-state index in [1.807, 2.05) is 0 Å². The smallest absolute Gasteiger partial charge is 0.261 e. The molecule has 2 aromatic carbocycles. The summed E-state index contributed by atoms with van der Waals surface area (Å²) in [5.41, 5.74) is 0.885. The summed E-state index contributed by atoms with van der Waals surface area (Å²) < 4.78 is 38.5. The number of morpholine rings is 1. The Morgan fingerprint density at radius 1 is 1.00 bits per heavy atom. The molecule has 0 bridgehead atoms. The molecule has 2 unspecified atom stereocenters. The van der Waals surface area contributed by atoms with Crippen LogP contribution in [0, 0.1) is 5.92 Å². The minimum absolute atomic E-state index is 0.181. The highest BCUT2D eigenvalue weighted by Gasteiger charge is 2.31. The maximum absolute atomic E-state index is 12.7. The quantitative estimate of drug-likeness (QED) is 0.626. The number of anilines is 1. The highest BCUT2D eigenvalue weighted by molar-refractivity contribution is 7.92. The van der Waals surface area contributed by atoms with Gasteiger partial charge in [0.05, 0.1) is 24.7 Å². The third-order valence-electron chi connectivity index (χ3n) is 5.95. The van der Waals surface area contributed by atoms with Crippen LogP contribution in [0.3, 0.4) is 0 Å². The molecule has 2 aromatic rings. The second-order valence-corrected chi connectivity index (χ2v) is 9.73. The molecule has 8 nitrogen and oxygen atoms in total. The van der Waals surface area contributed by atoms with Gasteiger partial charge in [0.15, 0.2) is 0 Å². The number of hydrogen-bond acceptors (Lipinski definition) is 6. The molecule has 2 fully saturated rings. The molecule has 1 amide bonds. The molecule has 4 rings (SSSR count). The highest BCUT2D eigenvalue weighted by Crippen LogP contribution is 2.22. The van der Waals surface area contributed by atoms with Crippen molar-refractivity contribution in [1.29, 1.82) is 0 Å². The molecule has 2 aliphatic rings. The van der Waals surface area contributed by atoms with Crippen molar-refractivity contribution in [3.05, 3.63) is 60.2 Å². The fourth-order valence-electron chi connectivity index (χ4n) is 4.16. The van der Waals surface area contributed by atoms with E-state index in [0.717, 1.165) is 26.1 Å². The number of benzene rings is 2. The number of sulfonamides is 1. The predicted molar refractivity (Wildman–Crippen MR) is 121 cm³/mol. The van der Waals surface area contributed by atoms with Crippen molar-refractivity contribution in [1.82, 2.24) is 10.2 Å². The predicted octanol–water partition coefficient (Wildman–Crippen LogP) is 1.95. The average Bonchev–Trinajstić information content (AvgIpc) is 3.35. The van der Waals surface area contributed by atoms with Crippen molar-refractivity contribution in [2.24, 2.45) is 5.92 Å². The molecule has 2 saturated heterocycles. The highest BCUT2D eigenvalue weighted by atomic mass is 32.2. The fourth-order valence-corrected chi connectivity index (χ4v) is 5.24. The van der Waals surface area contributed by atoms with Gasteiger partial charge >= 0.3 is 0 Å². The van der Waals surface area contributed by atoms with E-state index in [0.29, 0.717) is 43.5 Å². The van der Waals surface area contributed by atoms with Gasteiger partial charge in [-0.25, -0.2) is 8.42 Å². The lowest BCUT2D eigenvalue weighted by atomic mass is 9.96. The first kappa shape index (κ1) is 22.7. The minimum Gasteiger partial charge on any atom is -0.381 e. The van der Waals surface area contributed by atoms with E-state index in [1.165, 1.54) is 12.1 Å². The maximum atomic E-state index is 12.7. The lowest BCUT2D eigenvalue weighted by molar-refractivity contribution is 0.00166. The van der Waals surface area contributed by atoms with Crippen molar-refractivity contribution in [2.45, 2.75) is 17.4 Å². The molecule has 2 heterocycles. The van der Waals surface area contributed by atoms with Crippen molar-refractivity contribution >= 4 is 21.6 Å². The Labute approximate surface area is 189 Å². The summed E-state index contributed by atoms with van der Waals surface area (Å²) in [4.78, 5) is 15.3. The number of rotatable bonds is 8. The molecule has 2 atom stereocenters. The Bertz CT molecular complexity index is 986. The summed E-state index contributed by atoms with van der Waals surface area (Å²) in [5, 5.41) is 3.05. The first-order chi connectivity index (χ1) is 15.5. The third-order valence-corrected chi connectivity index (χ3v) is 7.35. The molecule has 32 heavy (non-hydrogen) atoms. The molecule has 2 N–H and O–H groups in total. The van der Waals surface area contributed by atoms with Crippen LogP contribution in [0.25, 0.3) is 0 Å². The molecular weight excluding hydrogens is 430 g/mol. The zero-order valence-corrected chi connectivity index (χ0v) is 18.7. The number of nitrogens with zero attached hydrogens (tertiary/aromatic N) is 1. The van der Waals surface area contributed by atoms with E-state index < -0.39 is 10.0 Å². The van der Waals surface area contributed by atoms with Gasteiger partial charge in [-0.05, 0) is 42.8 Å². The van der Waals surface area contributed by atoms with Gasteiger partial charge in [-0.3, -0.25) is 14.4 Å². The second-order valence-electron chi connectivity index (χ2n) is 8.05. The van der Waals surface area contributed by atoms with Gasteiger partial charge in [0.1, 0.15) is 0 Å². The minimum atomic E-state index is -3.67. The van der Waals surface area contributed by atoms with E-state index in [2.05, 4.69) is 14.9 Å². The van der Waals surface area contributed by atoms with Crippen LogP contribution in [0.4, 0.5) is 5.69 Å². The monoisotopic (exact) mass is 459 g/mol. The zero-order valence-electron chi connectivity index (χ0n) is 17.9. The summed E-state index contributed by atoms with van der Waals surface area (Å²) in [6, 6.07) is 14.8. The van der Waals surface area contributed by atoms with Gasteiger partial charge in [0.2, 0.25) is 0 Å². The summed E-state index contributed by atoms with van der Waals surface area (Å²) in [7, 11) is -3.67. The van der Waals surface area contributed by atoms with E-state index in [-0.39, 0.29) is 16.8 Å². The fraction of sp³-hybridized carbons (Fsp3) is 0.435. The number of carbonyl (C=O) groups is 1.